The summed E-state index contributed by atoms with van der Waals surface area (Å²) >= 11 is 0. The van der Waals surface area contributed by atoms with E-state index in [1.807, 2.05) is 6.07 Å². The average Bonchev–Trinajstić information content (AvgIpc) is 2.68. The van der Waals surface area contributed by atoms with Crippen LogP contribution >= 0.6 is 0 Å². The largest absolute Gasteiger partial charge is 0.493 e. The van der Waals surface area contributed by atoms with Crippen molar-refractivity contribution in [1.82, 2.24) is 9.97 Å². The number of ether oxygens (including phenoxy) is 2. The molecule has 0 aliphatic heterocycles. The Morgan fingerprint density at radius 1 is 1.07 bits per heavy atom. The molecule has 0 unspecified atom stereocenters. The van der Waals surface area contributed by atoms with Crippen LogP contribution in [0.25, 0.3) is 11.3 Å². The van der Waals surface area contributed by atoms with Crippen LogP contribution < -0.4 is 20.9 Å². The molecule has 0 bridgehead atoms. The van der Waals surface area contributed by atoms with Crippen molar-refractivity contribution in [2.45, 2.75) is 0 Å². The van der Waals surface area contributed by atoms with Gasteiger partial charge < -0.3 is 20.9 Å². The van der Waals surface area contributed by atoms with Crippen molar-refractivity contribution in [1.29, 1.82) is 5.26 Å². The van der Waals surface area contributed by atoms with E-state index in [4.69, 9.17) is 20.9 Å². The third-order valence-electron chi connectivity index (χ3n) is 3.72. The fraction of sp³-hybridized carbons (Fsp3) is 0.0526. The molecule has 1 heterocycles. The first kappa shape index (κ1) is 17.7. The molecular formula is C19H15N5O3. The summed E-state index contributed by atoms with van der Waals surface area (Å²) in [7, 11) is 1.44. The summed E-state index contributed by atoms with van der Waals surface area (Å²) in [6, 6.07) is 15.3. The molecule has 3 aromatic rings. The van der Waals surface area contributed by atoms with E-state index in [0.717, 1.165) is 0 Å². The van der Waals surface area contributed by atoms with Gasteiger partial charge in [0.2, 0.25) is 5.95 Å². The Bertz CT molecular complexity index is 1050. The van der Waals surface area contributed by atoms with Gasteiger partial charge in [0.25, 0.3) is 0 Å². The number of carbonyl (C=O) groups excluding carboxylic acids is 1. The normalized spacial score (nSPS) is 10.1. The van der Waals surface area contributed by atoms with Crippen LogP contribution in [0.15, 0.2) is 48.5 Å². The number of methoxy groups -OCH3 is 1. The van der Waals surface area contributed by atoms with Gasteiger partial charge in [-0.1, -0.05) is 18.2 Å². The maximum atomic E-state index is 12.3. The number of nitriles is 1. The third-order valence-corrected chi connectivity index (χ3v) is 3.72. The average molecular weight is 361 g/mol. The van der Waals surface area contributed by atoms with Gasteiger partial charge >= 0.3 is 5.97 Å². The van der Waals surface area contributed by atoms with Gasteiger partial charge in [-0.3, -0.25) is 0 Å². The van der Waals surface area contributed by atoms with Gasteiger partial charge in [-0.05, 0) is 30.3 Å². The van der Waals surface area contributed by atoms with Crippen molar-refractivity contribution in [3.8, 4) is 28.8 Å². The monoisotopic (exact) mass is 361 g/mol. The number of hydrogen-bond donors (Lipinski definition) is 2. The van der Waals surface area contributed by atoms with E-state index in [2.05, 4.69) is 9.97 Å². The molecule has 8 nitrogen and oxygen atoms in total. The fourth-order valence-electron chi connectivity index (χ4n) is 2.45. The molecule has 3 rings (SSSR count). The second-order valence-corrected chi connectivity index (χ2v) is 5.42. The summed E-state index contributed by atoms with van der Waals surface area (Å²) in [5.41, 5.74) is 12.7. The van der Waals surface area contributed by atoms with Crippen LogP contribution in [0.1, 0.15) is 15.9 Å². The lowest BCUT2D eigenvalue weighted by molar-refractivity contribution is 0.0730. The molecule has 4 N–H and O–H groups in total. The Morgan fingerprint density at radius 3 is 2.48 bits per heavy atom. The number of benzene rings is 2. The molecule has 0 saturated carbocycles. The summed E-state index contributed by atoms with van der Waals surface area (Å²) in [4.78, 5) is 20.1. The van der Waals surface area contributed by atoms with Crippen LogP contribution in [0.3, 0.4) is 0 Å². The number of nitrogens with zero attached hydrogens (tertiary/aromatic N) is 3. The zero-order valence-electron chi connectivity index (χ0n) is 14.3. The first-order valence-corrected chi connectivity index (χ1v) is 7.82. The van der Waals surface area contributed by atoms with Crippen LogP contribution in [0.5, 0.6) is 11.5 Å². The summed E-state index contributed by atoms with van der Waals surface area (Å²) in [6.45, 7) is 0. The summed E-state index contributed by atoms with van der Waals surface area (Å²) in [5, 5.41) is 9.33. The zero-order valence-corrected chi connectivity index (χ0v) is 14.3. The quantitative estimate of drug-likeness (QED) is 0.534. The molecule has 0 atom stereocenters. The minimum Gasteiger partial charge on any atom is -0.493 e. The number of anilines is 2. The molecule has 2 aromatic carbocycles. The Labute approximate surface area is 155 Å². The molecule has 0 aliphatic rings. The second kappa shape index (κ2) is 7.41. The first-order valence-electron chi connectivity index (χ1n) is 7.82. The van der Waals surface area contributed by atoms with Gasteiger partial charge in [0.1, 0.15) is 17.5 Å². The second-order valence-electron chi connectivity index (χ2n) is 5.42. The lowest BCUT2D eigenvalue weighted by Gasteiger charge is -2.12. The van der Waals surface area contributed by atoms with Crippen LogP contribution in [0.4, 0.5) is 11.8 Å². The molecule has 27 heavy (non-hydrogen) atoms. The minimum atomic E-state index is -0.519. The van der Waals surface area contributed by atoms with Gasteiger partial charge in [0.15, 0.2) is 11.5 Å². The number of hydrogen-bond acceptors (Lipinski definition) is 8. The Hall–Kier alpha value is -4.12. The lowest BCUT2D eigenvalue weighted by Crippen LogP contribution is -2.09. The summed E-state index contributed by atoms with van der Waals surface area (Å²) in [5.74, 6) is -0.0754. The number of aromatic nitrogens is 2. The molecular weight excluding hydrogens is 346 g/mol. The van der Waals surface area contributed by atoms with E-state index >= 15 is 0 Å². The van der Waals surface area contributed by atoms with Gasteiger partial charge in [-0.2, -0.15) is 10.2 Å². The van der Waals surface area contributed by atoms with Gasteiger partial charge in [-0.15, -0.1) is 0 Å². The molecule has 134 valence electrons. The van der Waals surface area contributed by atoms with Crippen LogP contribution in [-0.4, -0.2) is 23.0 Å². The van der Waals surface area contributed by atoms with Gasteiger partial charge in [0, 0.05) is 5.56 Å². The maximum Gasteiger partial charge on any atom is 0.343 e. The number of esters is 1. The van der Waals surface area contributed by atoms with Crippen molar-refractivity contribution in [2.75, 3.05) is 18.6 Å². The Balaban J connectivity index is 1.99. The van der Waals surface area contributed by atoms with Gasteiger partial charge in [-0.25, -0.2) is 9.78 Å². The highest BCUT2D eigenvalue weighted by Crippen LogP contribution is 2.34. The third kappa shape index (κ3) is 3.62. The van der Waals surface area contributed by atoms with E-state index in [1.165, 1.54) is 7.11 Å². The fourth-order valence-corrected chi connectivity index (χ4v) is 2.45. The van der Waals surface area contributed by atoms with E-state index in [-0.39, 0.29) is 34.5 Å². The number of rotatable bonds is 4. The van der Waals surface area contributed by atoms with E-state index in [9.17, 15) is 10.1 Å². The van der Waals surface area contributed by atoms with Crippen LogP contribution in [0.2, 0.25) is 0 Å². The molecule has 1 aromatic heterocycles. The molecule has 0 aliphatic carbocycles. The van der Waals surface area contributed by atoms with Crippen molar-refractivity contribution >= 4 is 17.7 Å². The van der Waals surface area contributed by atoms with Crippen molar-refractivity contribution in [3.05, 3.63) is 59.7 Å². The Morgan fingerprint density at radius 2 is 1.81 bits per heavy atom. The Kier molecular flexibility index (Phi) is 4.86. The minimum absolute atomic E-state index is 0.0152. The number of nitrogens with two attached hydrogens (primary N) is 2. The van der Waals surface area contributed by atoms with E-state index in [0.29, 0.717) is 11.1 Å². The van der Waals surface area contributed by atoms with E-state index in [1.54, 1.807) is 48.5 Å². The highest BCUT2D eigenvalue weighted by atomic mass is 16.6. The van der Waals surface area contributed by atoms with Crippen molar-refractivity contribution in [3.63, 3.8) is 0 Å². The topological polar surface area (TPSA) is 137 Å². The van der Waals surface area contributed by atoms with Crippen LogP contribution in [0, 0.1) is 11.3 Å². The molecule has 8 heteroatoms. The summed E-state index contributed by atoms with van der Waals surface area (Å²) in [6.07, 6.45) is 0. The SMILES string of the molecule is COc1cc(-c2nc(N)nc(N)c2C#N)ccc1OC(=O)c1ccccc1. The molecule has 0 saturated heterocycles. The highest BCUT2D eigenvalue weighted by molar-refractivity contribution is 5.91. The molecule has 0 radical (unpaired) electrons. The predicted molar refractivity (Wildman–Crippen MR) is 99.0 cm³/mol. The highest BCUT2D eigenvalue weighted by Gasteiger charge is 2.17. The predicted octanol–water partition coefficient (Wildman–Crippen LogP) is 2.41. The van der Waals surface area contributed by atoms with Crippen molar-refractivity contribution in [2.24, 2.45) is 0 Å². The lowest BCUT2D eigenvalue weighted by atomic mass is 10.1. The smallest absolute Gasteiger partial charge is 0.343 e. The standard InChI is InChI=1S/C19H15N5O3/c1-26-15-9-12(16-13(10-20)17(21)24-19(22)23-16)7-8-14(15)27-18(25)11-5-3-2-4-6-11/h2-9H,1H3,(H4,21,22,23,24). The molecule has 0 fully saturated rings. The first-order chi connectivity index (χ1) is 13.0. The van der Waals surface area contributed by atoms with E-state index < -0.39 is 5.97 Å². The van der Waals surface area contributed by atoms with Crippen molar-refractivity contribution < 1.29 is 14.3 Å². The zero-order chi connectivity index (χ0) is 19.4. The maximum absolute atomic E-state index is 12.3. The summed E-state index contributed by atoms with van der Waals surface area (Å²) < 4.78 is 10.7. The number of nitrogen functional groups attached to an aromatic ring is 2. The number of carbonyl (C=O) groups is 1. The molecule has 0 amide bonds. The van der Waals surface area contributed by atoms with Crippen LogP contribution in [-0.2, 0) is 0 Å². The molecule has 0 spiro atoms. The van der Waals surface area contributed by atoms with Gasteiger partial charge in [0.05, 0.1) is 18.4 Å².